The third-order valence-electron chi connectivity index (χ3n) is 3.81. The van der Waals surface area contributed by atoms with Gasteiger partial charge < -0.3 is 5.32 Å². The average Bonchev–Trinajstić information content (AvgIpc) is 2.37. The topological polar surface area (TPSA) is 49.4 Å². The van der Waals surface area contributed by atoms with Crippen molar-refractivity contribution in [1.29, 1.82) is 0 Å². The molecule has 0 amide bonds. The SMILES string of the molecule is CCNCC(C)S(=O)(=O)N(CC)C1CCCCC1. The van der Waals surface area contributed by atoms with Gasteiger partial charge in [-0.1, -0.05) is 33.1 Å². The maximum atomic E-state index is 12.6. The number of nitrogens with one attached hydrogen (secondary N) is 1. The summed E-state index contributed by atoms with van der Waals surface area (Å²) in [4.78, 5) is 0. The van der Waals surface area contributed by atoms with Crippen molar-refractivity contribution in [2.24, 2.45) is 0 Å². The average molecular weight is 276 g/mol. The van der Waals surface area contributed by atoms with E-state index < -0.39 is 10.0 Å². The quantitative estimate of drug-likeness (QED) is 0.773. The van der Waals surface area contributed by atoms with Crippen LogP contribution in [-0.4, -0.2) is 43.6 Å². The molecule has 0 aromatic rings. The van der Waals surface area contributed by atoms with Crippen LogP contribution >= 0.6 is 0 Å². The Balaban J connectivity index is 2.71. The molecule has 1 rings (SSSR count). The molecule has 18 heavy (non-hydrogen) atoms. The van der Waals surface area contributed by atoms with Crippen molar-refractivity contribution in [2.45, 2.75) is 64.2 Å². The lowest BCUT2D eigenvalue weighted by Gasteiger charge is -2.34. The highest BCUT2D eigenvalue weighted by Gasteiger charge is 2.33. The van der Waals surface area contributed by atoms with Crippen LogP contribution in [0.4, 0.5) is 0 Å². The van der Waals surface area contributed by atoms with E-state index in [0.29, 0.717) is 13.1 Å². The molecule has 1 aliphatic rings. The molecular weight excluding hydrogens is 248 g/mol. The smallest absolute Gasteiger partial charge is 0.218 e. The third-order valence-corrected chi connectivity index (χ3v) is 6.20. The summed E-state index contributed by atoms with van der Waals surface area (Å²) in [7, 11) is -3.15. The van der Waals surface area contributed by atoms with Gasteiger partial charge in [-0.05, 0) is 26.3 Å². The first-order valence-electron chi connectivity index (χ1n) is 7.25. The molecule has 1 unspecified atom stereocenters. The molecule has 0 spiro atoms. The van der Waals surface area contributed by atoms with Gasteiger partial charge in [0.15, 0.2) is 0 Å². The summed E-state index contributed by atoms with van der Waals surface area (Å²) in [6, 6.07) is 0.234. The molecule has 108 valence electrons. The van der Waals surface area contributed by atoms with Gasteiger partial charge in [-0.3, -0.25) is 0 Å². The van der Waals surface area contributed by atoms with Gasteiger partial charge >= 0.3 is 0 Å². The first-order valence-corrected chi connectivity index (χ1v) is 8.75. The first kappa shape index (κ1) is 15.9. The lowest BCUT2D eigenvalue weighted by molar-refractivity contribution is 0.259. The minimum absolute atomic E-state index is 0.234. The Morgan fingerprint density at radius 3 is 2.33 bits per heavy atom. The maximum absolute atomic E-state index is 12.6. The zero-order chi connectivity index (χ0) is 13.6. The number of hydrogen-bond acceptors (Lipinski definition) is 3. The molecule has 5 heteroatoms. The molecule has 1 fully saturated rings. The molecule has 0 saturated heterocycles. The van der Waals surface area contributed by atoms with Crippen LogP contribution in [0.2, 0.25) is 0 Å². The van der Waals surface area contributed by atoms with Crippen molar-refractivity contribution < 1.29 is 8.42 Å². The van der Waals surface area contributed by atoms with Crippen LogP contribution in [0.15, 0.2) is 0 Å². The second-order valence-electron chi connectivity index (χ2n) is 5.16. The summed E-state index contributed by atoms with van der Waals surface area (Å²) >= 11 is 0. The minimum Gasteiger partial charge on any atom is -0.316 e. The van der Waals surface area contributed by atoms with Crippen LogP contribution in [-0.2, 0) is 10.0 Å². The number of rotatable bonds is 7. The van der Waals surface area contributed by atoms with Crippen LogP contribution in [0, 0.1) is 0 Å². The summed E-state index contributed by atoms with van der Waals surface area (Å²) < 4.78 is 26.8. The van der Waals surface area contributed by atoms with Gasteiger partial charge in [-0.15, -0.1) is 0 Å². The molecule has 1 aliphatic carbocycles. The van der Waals surface area contributed by atoms with Gasteiger partial charge in [0.25, 0.3) is 0 Å². The van der Waals surface area contributed by atoms with E-state index in [4.69, 9.17) is 0 Å². The van der Waals surface area contributed by atoms with Gasteiger partial charge in [0, 0.05) is 19.1 Å². The third kappa shape index (κ3) is 3.93. The molecule has 0 heterocycles. The maximum Gasteiger partial charge on any atom is 0.218 e. The summed E-state index contributed by atoms with van der Waals surface area (Å²) in [5.41, 5.74) is 0. The summed E-state index contributed by atoms with van der Waals surface area (Å²) in [6.07, 6.45) is 5.64. The molecule has 0 aromatic carbocycles. The normalized spacial score (nSPS) is 20.2. The zero-order valence-electron chi connectivity index (χ0n) is 12.0. The molecule has 0 aromatic heterocycles. The molecule has 0 bridgehead atoms. The van der Waals surface area contributed by atoms with E-state index in [1.165, 1.54) is 6.42 Å². The summed E-state index contributed by atoms with van der Waals surface area (Å²) in [6.45, 7) is 7.72. The predicted molar refractivity (Wildman–Crippen MR) is 76.2 cm³/mol. The van der Waals surface area contributed by atoms with Gasteiger partial charge in [-0.25, -0.2) is 8.42 Å². The van der Waals surface area contributed by atoms with Crippen LogP contribution in [0.5, 0.6) is 0 Å². The van der Waals surface area contributed by atoms with Gasteiger partial charge in [0.2, 0.25) is 10.0 Å². The first-order chi connectivity index (χ1) is 8.54. The van der Waals surface area contributed by atoms with E-state index in [1.54, 1.807) is 4.31 Å². The van der Waals surface area contributed by atoms with Crippen molar-refractivity contribution in [2.75, 3.05) is 19.6 Å². The van der Waals surface area contributed by atoms with Crippen LogP contribution in [0.25, 0.3) is 0 Å². The van der Waals surface area contributed by atoms with E-state index in [-0.39, 0.29) is 11.3 Å². The molecular formula is C13H28N2O2S. The Morgan fingerprint density at radius 1 is 1.22 bits per heavy atom. The number of nitrogens with zero attached hydrogens (tertiary/aromatic N) is 1. The van der Waals surface area contributed by atoms with Gasteiger partial charge in [-0.2, -0.15) is 4.31 Å². The van der Waals surface area contributed by atoms with Crippen molar-refractivity contribution in [3.8, 4) is 0 Å². The van der Waals surface area contributed by atoms with E-state index >= 15 is 0 Å². The molecule has 0 radical (unpaired) electrons. The number of sulfonamides is 1. The second kappa shape index (κ2) is 7.46. The second-order valence-corrected chi connectivity index (χ2v) is 7.46. The Labute approximate surface area is 112 Å². The van der Waals surface area contributed by atoms with E-state index in [2.05, 4.69) is 5.32 Å². The van der Waals surface area contributed by atoms with Crippen LogP contribution in [0.3, 0.4) is 0 Å². The Morgan fingerprint density at radius 2 is 1.83 bits per heavy atom. The van der Waals surface area contributed by atoms with Crippen molar-refractivity contribution in [3.05, 3.63) is 0 Å². The van der Waals surface area contributed by atoms with Crippen molar-refractivity contribution >= 4 is 10.0 Å². The zero-order valence-corrected chi connectivity index (χ0v) is 12.8. The highest BCUT2D eigenvalue weighted by molar-refractivity contribution is 7.89. The Kier molecular flexibility index (Phi) is 6.60. The van der Waals surface area contributed by atoms with Gasteiger partial charge in [0.05, 0.1) is 5.25 Å². The van der Waals surface area contributed by atoms with E-state index in [0.717, 1.165) is 32.2 Å². The van der Waals surface area contributed by atoms with E-state index in [9.17, 15) is 8.42 Å². The van der Waals surface area contributed by atoms with Crippen LogP contribution in [0.1, 0.15) is 52.9 Å². The lowest BCUT2D eigenvalue weighted by atomic mass is 9.95. The highest BCUT2D eigenvalue weighted by atomic mass is 32.2. The van der Waals surface area contributed by atoms with Crippen molar-refractivity contribution in [1.82, 2.24) is 9.62 Å². The summed E-state index contributed by atoms with van der Waals surface area (Å²) in [5.74, 6) is 0. The molecule has 0 aliphatic heterocycles. The highest BCUT2D eigenvalue weighted by Crippen LogP contribution is 2.25. The van der Waals surface area contributed by atoms with E-state index in [1.807, 2.05) is 20.8 Å². The lowest BCUT2D eigenvalue weighted by Crippen LogP contribution is -2.47. The van der Waals surface area contributed by atoms with Gasteiger partial charge in [0.1, 0.15) is 0 Å². The molecule has 4 nitrogen and oxygen atoms in total. The largest absolute Gasteiger partial charge is 0.316 e. The molecule has 1 saturated carbocycles. The summed E-state index contributed by atoms with van der Waals surface area (Å²) in [5, 5.41) is 2.80. The Hall–Kier alpha value is -0.130. The monoisotopic (exact) mass is 276 g/mol. The fraction of sp³-hybridized carbons (Fsp3) is 1.00. The molecule has 1 atom stereocenters. The standard InChI is InChI=1S/C13H28N2O2S/c1-4-14-11-12(3)18(16,17)15(5-2)13-9-7-6-8-10-13/h12-14H,4-11H2,1-3H3. The fourth-order valence-electron chi connectivity index (χ4n) is 2.70. The fourth-order valence-corrected chi connectivity index (χ4v) is 4.48. The number of hydrogen-bond donors (Lipinski definition) is 1. The Bertz CT molecular complexity index is 324. The van der Waals surface area contributed by atoms with Crippen molar-refractivity contribution in [3.63, 3.8) is 0 Å². The minimum atomic E-state index is -3.15. The molecule has 1 N–H and O–H groups in total. The predicted octanol–water partition coefficient (Wildman–Crippen LogP) is 1.97. The van der Waals surface area contributed by atoms with Crippen LogP contribution < -0.4 is 5.32 Å².